The molecule has 6 nitrogen and oxygen atoms in total. The first-order valence-corrected chi connectivity index (χ1v) is 8.31. The van der Waals surface area contributed by atoms with E-state index >= 15 is 0 Å². The van der Waals surface area contributed by atoms with Gasteiger partial charge in [-0.25, -0.2) is 4.68 Å². The second-order valence-electron chi connectivity index (χ2n) is 6.23. The van der Waals surface area contributed by atoms with Gasteiger partial charge in [-0.15, -0.1) is 12.4 Å². The van der Waals surface area contributed by atoms with Crippen LogP contribution in [-0.4, -0.2) is 42.5 Å². The summed E-state index contributed by atoms with van der Waals surface area (Å²) in [6.45, 7) is 2.64. The van der Waals surface area contributed by atoms with Crippen molar-refractivity contribution in [2.45, 2.75) is 19.4 Å². The van der Waals surface area contributed by atoms with E-state index in [9.17, 15) is 4.79 Å². The minimum absolute atomic E-state index is 0. The Morgan fingerprint density at radius 3 is 2.76 bits per heavy atom. The van der Waals surface area contributed by atoms with E-state index in [0.717, 1.165) is 37.2 Å². The van der Waals surface area contributed by atoms with Gasteiger partial charge in [-0.3, -0.25) is 4.79 Å². The Hall–Kier alpha value is -1.89. The number of benzene rings is 1. The van der Waals surface area contributed by atoms with Crippen molar-refractivity contribution in [2.75, 3.05) is 26.8 Å². The summed E-state index contributed by atoms with van der Waals surface area (Å²) in [5.74, 6) is 0.0705. The molecular formula is C18H25ClN4O2. The van der Waals surface area contributed by atoms with E-state index in [-0.39, 0.29) is 18.3 Å². The number of carbonyl (C=O) groups is 1. The molecule has 1 amide bonds. The Kier molecular flexibility index (Phi) is 6.99. The van der Waals surface area contributed by atoms with Crippen LogP contribution in [0.15, 0.2) is 42.7 Å². The number of carbonyl (C=O) groups excluding carboxylic acids is 1. The minimum Gasteiger partial charge on any atom is -0.384 e. The van der Waals surface area contributed by atoms with Gasteiger partial charge < -0.3 is 15.4 Å². The summed E-state index contributed by atoms with van der Waals surface area (Å²) in [7, 11) is 1.66. The number of halogens is 1. The normalized spacial score (nSPS) is 16.0. The van der Waals surface area contributed by atoms with E-state index in [1.807, 2.05) is 41.2 Å². The van der Waals surface area contributed by atoms with Crippen LogP contribution in [0.5, 0.6) is 0 Å². The Bertz CT molecular complexity index is 664. The number of rotatable bonds is 6. The molecule has 1 aliphatic rings. The molecule has 3 rings (SSSR count). The maximum absolute atomic E-state index is 12.8. The maximum Gasteiger partial charge on any atom is 0.228 e. The lowest BCUT2D eigenvalue weighted by molar-refractivity contribution is -0.136. The molecule has 0 saturated carbocycles. The molecule has 1 saturated heterocycles. The highest BCUT2D eigenvalue weighted by Gasteiger charge is 2.39. The van der Waals surface area contributed by atoms with Gasteiger partial charge in [-0.1, -0.05) is 18.2 Å². The fourth-order valence-corrected chi connectivity index (χ4v) is 3.28. The molecule has 2 heterocycles. The van der Waals surface area contributed by atoms with Crippen molar-refractivity contribution in [1.29, 1.82) is 0 Å². The summed E-state index contributed by atoms with van der Waals surface area (Å²) in [5, 5.41) is 10.7. The lowest BCUT2D eigenvalue weighted by Crippen LogP contribution is -2.50. The predicted molar refractivity (Wildman–Crippen MR) is 99.1 cm³/mol. The SMILES string of the molecule is COCC1(C(=O)NCc2ccccc2-n2cccn2)CCNCC1.Cl. The third kappa shape index (κ3) is 4.39. The number of nitrogens with zero attached hydrogens (tertiary/aromatic N) is 2. The van der Waals surface area contributed by atoms with Gasteiger partial charge in [0.1, 0.15) is 0 Å². The Morgan fingerprint density at radius 2 is 2.08 bits per heavy atom. The van der Waals surface area contributed by atoms with Crippen LogP contribution in [-0.2, 0) is 16.1 Å². The van der Waals surface area contributed by atoms with Crippen LogP contribution in [0.3, 0.4) is 0 Å². The molecule has 0 spiro atoms. The third-order valence-electron chi connectivity index (χ3n) is 4.65. The van der Waals surface area contributed by atoms with Crippen molar-refractivity contribution >= 4 is 18.3 Å². The average Bonchev–Trinajstić information content (AvgIpc) is 3.15. The topological polar surface area (TPSA) is 68.2 Å². The van der Waals surface area contributed by atoms with Crippen molar-refractivity contribution < 1.29 is 9.53 Å². The number of hydrogen-bond acceptors (Lipinski definition) is 4. The first-order valence-electron chi connectivity index (χ1n) is 8.31. The number of methoxy groups -OCH3 is 1. The Morgan fingerprint density at radius 1 is 1.32 bits per heavy atom. The highest BCUT2D eigenvalue weighted by molar-refractivity contribution is 5.85. The number of aromatic nitrogens is 2. The monoisotopic (exact) mass is 364 g/mol. The highest BCUT2D eigenvalue weighted by Crippen LogP contribution is 2.29. The molecule has 1 aromatic heterocycles. The van der Waals surface area contributed by atoms with E-state index in [4.69, 9.17) is 4.74 Å². The molecule has 1 fully saturated rings. The summed E-state index contributed by atoms with van der Waals surface area (Å²) >= 11 is 0. The average molecular weight is 365 g/mol. The maximum atomic E-state index is 12.8. The summed E-state index contributed by atoms with van der Waals surface area (Å²) in [6, 6.07) is 9.86. The van der Waals surface area contributed by atoms with Crippen LogP contribution in [0.2, 0.25) is 0 Å². The van der Waals surface area contributed by atoms with Gasteiger partial charge in [0.05, 0.1) is 17.7 Å². The molecule has 7 heteroatoms. The van der Waals surface area contributed by atoms with Gasteiger partial charge in [-0.2, -0.15) is 5.10 Å². The van der Waals surface area contributed by atoms with Gasteiger partial charge in [0.2, 0.25) is 5.91 Å². The van der Waals surface area contributed by atoms with Crippen molar-refractivity contribution in [1.82, 2.24) is 20.4 Å². The van der Waals surface area contributed by atoms with Gasteiger partial charge in [-0.05, 0) is 43.6 Å². The van der Waals surface area contributed by atoms with Gasteiger partial charge in [0, 0.05) is 26.0 Å². The quantitative estimate of drug-likeness (QED) is 0.821. The zero-order valence-electron chi connectivity index (χ0n) is 14.4. The second-order valence-corrected chi connectivity index (χ2v) is 6.23. The second kappa shape index (κ2) is 8.99. The molecule has 2 aromatic rings. The van der Waals surface area contributed by atoms with Crippen molar-refractivity contribution in [3.05, 3.63) is 48.3 Å². The van der Waals surface area contributed by atoms with Crippen LogP contribution >= 0.6 is 12.4 Å². The highest BCUT2D eigenvalue weighted by atomic mass is 35.5. The molecular weight excluding hydrogens is 340 g/mol. The largest absolute Gasteiger partial charge is 0.384 e. The molecule has 0 atom stereocenters. The Balaban J connectivity index is 0.00000225. The van der Waals surface area contributed by atoms with Crippen molar-refractivity contribution in [2.24, 2.45) is 5.41 Å². The smallest absolute Gasteiger partial charge is 0.228 e. The number of nitrogens with one attached hydrogen (secondary N) is 2. The third-order valence-corrected chi connectivity index (χ3v) is 4.65. The van der Waals surface area contributed by atoms with Crippen LogP contribution in [0.1, 0.15) is 18.4 Å². The molecule has 1 aliphatic heterocycles. The molecule has 2 N–H and O–H groups in total. The van der Waals surface area contributed by atoms with Crippen LogP contribution in [0.25, 0.3) is 5.69 Å². The standard InChI is InChI=1S/C18H24N4O2.ClH/c1-24-14-18(7-10-19-11-8-18)17(23)20-13-15-5-2-3-6-16(15)22-12-4-9-21-22;/h2-6,9,12,19H,7-8,10-11,13-14H2,1H3,(H,20,23);1H. The number of hydrogen-bond donors (Lipinski definition) is 2. The first kappa shape index (κ1) is 19.4. The molecule has 136 valence electrons. The Labute approximate surface area is 154 Å². The molecule has 0 radical (unpaired) electrons. The number of para-hydroxylation sites is 1. The fourth-order valence-electron chi connectivity index (χ4n) is 3.28. The van der Waals surface area contributed by atoms with Gasteiger partial charge in [0.25, 0.3) is 0 Å². The molecule has 0 bridgehead atoms. The summed E-state index contributed by atoms with van der Waals surface area (Å²) in [4.78, 5) is 12.8. The number of piperidine rings is 1. The number of amides is 1. The lowest BCUT2D eigenvalue weighted by Gasteiger charge is -2.35. The molecule has 0 unspecified atom stereocenters. The zero-order valence-corrected chi connectivity index (χ0v) is 15.2. The zero-order chi connectivity index (χ0) is 16.8. The van der Waals surface area contributed by atoms with E-state index < -0.39 is 5.41 Å². The van der Waals surface area contributed by atoms with E-state index in [1.54, 1.807) is 13.3 Å². The molecule has 1 aromatic carbocycles. The van der Waals surface area contributed by atoms with E-state index in [1.165, 1.54) is 0 Å². The summed E-state index contributed by atoms with van der Waals surface area (Å²) in [5.41, 5.74) is 1.59. The molecule has 25 heavy (non-hydrogen) atoms. The van der Waals surface area contributed by atoms with E-state index in [0.29, 0.717) is 13.2 Å². The fraction of sp³-hybridized carbons (Fsp3) is 0.444. The summed E-state index contributed by atoms with van der Waals surface area (Å²) in [6.07, 6.45) is 5.25. The van der Waals surface area contributed by atoms with Crippen LogP contribution in [0, 0.1) is 5.41 Å². The van der Waals surface area contributed by atoms with Crippen LogP contribution < -0.4 is 10.6 Å². The van der Waals surface area contributed by atoms with Crippen molar-refractivity contribution in [3.63, 3.8) is 0 Å². The minimum atomic E-state index is -0.430. The number of ether oxygens (including phenoxy) is 1. The lowest BCUT2D eigenvalue weighted by atomic mass is 9.78. The van der Waals surface area contributed by atoms with Crippen molar-refractivity contribution in [3.8, 4) is 5.69 Å². The molecule has 0 aliphatic carbocycles. The first-order chi connectivity index (χ1) is 11.7. The van der Waals surface area contributed by atoms with Gasteiger partial charge in [0.15, 0.2) is 0 Å². The van der Waals surface area contributed by atoms with Gasteiger partial charge >= 0.3 is 0 Å². The van der Waals surface area contributed by atoms with E-state index in [2.05, 4.69) is 15.7 Å². The predicted octanol–water partition coefficient (Wildman–Crippen LogP) is 1.93. The van der Waals surface area contributed by atoms with Crippen LogP contribution in [0.4, 0.5) is 0 Å². The summed E-state index contributed by atoms with van der Waals surface area (Å²) < 4.78 is 7.15.